The summed E-state index contributed by atoms with van der Waals surface area (Å²) >= 11 is 0. The topological polar surface area (TPSA) is 39.7 Å². The van der Waals surface area contributed by atoms with E-state index in [-0.39, 0.29) is 29.8 Å². The van der Waals surface area contributed by atoms with Crippen molar-refractivity contribution in [1.29, 1.82) is 0 Å². The SMILES string of the molecule is CN=C(NCCN1CCCCCC1)NCc1ccc(F)cc1.I. The van der Waals surface area contributed by atoms with Crippen LogP contribution in [0, 0.1) is 5.82 Å². The summed E-state index contributed by atoms with van der Waals surface area (Å²) in [6.07, 6.45) is 5.37. The molecule has 4 nitrogen and oxygen atoms in total. The maximum absolute atomic E-state index is 12.9. The van der Waals surface area contributed by atoms with Gasteiger partial charge in [0.25, 0.3) is 0 Å². The zero-order valence-corrected chi connectivity index (χ0v) is 16.2. The second-order valence-electron chi connectivity index (χ2n) is 5.73. The van der Waals surface area contributed by atoms with Crippen molar-refractivity contribution in [3.05, 3.63) is 35.6 Å². The maximum atomic E-state index is 12.9. The van der Waals surface area contributed by atoms with E-state index in [1.807, 2.05) is 0 Å². The molecule has 1 aromatic rings. The highest BCUT2D eigenvalue weighted by Crippen LogP contribution is 2.08. The van der Waals surface area contributed by atoms with Gasteiger partial charge in [0, 0.05) is 26.7 Å². The molecular formula is C17H28FIN4. The Balaban J connectivity index is 0.00000264. The minimum atomic E-state index is -0.205. The smallest absolute Gasteiger partial charge is 0.191 e. The van der Waals surface area contributed by atoms with E-state index in [1.165, 1.54) is 50.9 Å². The number of aliphatic imine (C=N–C) groups is 1. The normalized spacial score (nSPS) is 16.3. The third-order valence-electron chi connectivity index (χ3n) is 4.02. The number of rotatable bonds is 5. The summed E-state index contributed by atoms with van der Waals surface area (Å²) in [6.45, 7) is 5.01. The summed E-state index contributed by atoms with van der Waals surface area (Å²) in [4.78, 5) is 6.74. The van der Waals surface area contributed by atoms with Crippen molar-refractivity contribution in [2.45, 2.75) is 32.2 Å². The predicted molar refractivity (Wildman–Crippen MR) is 105 cm³/mol. The summed E-state index contributed by atoms with van der Waals surface area (Å²) in [6, 6.07) is 6.53. The van der Waals surface area contributed by atoms with Crippen LogP contribution in [0.4, 0.5) is 4.39 Å². The molecule has 0 aromatic heterocycles. The Bertz CT molecular complexity index is 456. The van der Waals surface area contributed by atoms with Crippen molar-refractivity contribution < 1.29 is 4.39 Å². The van der Waals surface area contributed by atoms with Crippen molar-refractivity contribution in [2.24, 2.45) is 4.99 Å². The molecule has 0 amide bonds. The monoisotopic (exact) mass is 434 g/mol. The summed E-state index contributed by atoms with van der Waals surface area (Å²) in [5.41, 5.74) is 1.04. The molecule has 0 saturated carbocycles. The summed E-state index contributed by atoms with van der Waals surface area (Å²) in [5.74, 6) is 0.586. The van der Waals surface area contributed by atoms with E-state index in [0.29, 0.717) is 6.54 Å². The Morgan fingerprint density at radius 3 is 2.35 bits per heavy atom. The van der Waals surface area contributed by atoms with Crippen LogP contribution in [0.1, 0.15) is 31.2 Å². The predicted octanol–water partition coefficient (Wildman–Crippen LogP) is 2.98. The van der Waals surface area contributed by atoms with E-state index in [9.17, 15) is 4.39 Å². The number of likely N-dealkylation sites (tertiary alicyclic amines) is 1. The molecule has 0 unspecified atom stereocenters. The molecule has 1 aliphatic heterocycles. The number of hydrogen-bond donors (Lipinski definition) is 2. The largest absolute Gasteiger partial charge is 0.355 e. The first kappa shape index (κ1) is 20.2. The number of hydrogen-bond acceptors (Lipinski definition) is 2. The molecule has 0 atom stereocenters. The molecule has 1 aromatic carbocycles. The zero-order chi connectivity index (χ0) is 15.6. The number of benzene rings is 1. The van der Waals surface area contributed by atoms with Crippen LogP contribution in [-0.2, 0) is 6.54 Å². The fourth-order valence-electron chi connectivity index (χ4n) is 2.70. The van der Waals surface area contributed by atoms with Crippen molar-refractivity contribution in [3.63, 3.8) is 0 Å². The van der Waals surface area contributed by atoms with E-state index >= 15 is 0 Å². The van der Waals surface area contributed by atoms with Crippen LogP contribution in [0.15, 0.2) is 29.3 Å². The van der Waals surface area contributed by atoms with E-state index in [1.54, 1.807) is 19.2 Å². The molecule has 0 spiro atoms. The minimum Gasteiger partial charge on any atom is -0.355 e. The molecule has 23 heavy (non-hydrogen) atoms. The first-order chi connectivity index (χ1) is 10.8. The van der Waals surface area contributed by atoms with Crippen LogP contribution in [0.5, 0.6) is 0 Å². The first-order valence-corrected chi connectivity index (χ1v) is 8.19. The molecule has 130 valence electrons. The van der Waals surface area contributed by atoms with Gasteiger partial charge in [-0.05, 0) is 43.6 Å². The van der Waals surface area contributed by atoms with E-state index in [2.05, 4.69) is 20.5 Å². The Kier molecular flexibility index (Phi) is 10.2. The zero-order valence-electron chi connectivity index (χ0n) is 13.9. The highest BCUT2D eigenvalue weighted by atomic mass is 127. The van der Waals surface area contributed by atoms with E-state index in [0.717, 1.165) is 24.6 Å². The first-order valence-electron chi connectivity index (χ1n) is 8.19. The fourth-order valence-corrected chi connectivity index (χ4v) is 2.70. The van der Waals surface area contributed by atoms with Crippen molar-refractivity contribution in [3.8, 4) is 0 Å². The average Bonchev–Trinajstić information content (AvgIpc) is 2.81. The second-order valence-corrected chi connectivity index (χ2v) is 5.73. The number of guanidine groups is 1. The van der Waals surface area contributed by atoms with Crippen LogP contribution in [0.3, 0.4) is 0 Å². The van der Waals surface area contributed by atoms with Gasteiger partial charge in [0.1, 0.15) is 5.82 Å². The Hall–Kier alpha value is -0.890. The molecule has 0 bridgehead atoms. The van der Waals surface area contributed by atoms with Gasteiger partial charge in [0.15, 0.2) is 5.96 Å². The lowest BCUT2D eigenvalue weighted by atomic mass is 10.2. The summed E-state index contributed by atoms with van der Waals surface area (Å²) < 4.78 is 12.9. The molecule has 2 N–H and O–H groups in total. The number of nitrogens with one attached hydrogen (secondary N) is 2. The molecule has 1 aliphatic rings. The van der Waals surface area contributed by atoms with Gasteiger partial charge in [-0.2, -0.15) is 0 Å². The Morgan fingerprint density at radius 2 is 1.74 bits per heavy atom. The van der Waals surface area contributed by atoms with Crippen LogP contribution >= 0.6 is 24.0 Å². The Morgan fingerprint density at radius 1 is 1.09 bits per heavy atom. The fraction of sp³-hybridized carbons (Fsp3) is 0.588. The molecule has 2 rings (SSSR count). The van der Waals surface area contributed by atoms with Crippen molar-refractivity contribution in [1.82, 2.24) is 15.5 Å². The number of nitrogens with zero attached hydrogens (tertiary/aromatic N) is 2. The van der Waals surface area contributed by atoms with Crippen LogP contribution in [-0.4, -0.2) is 44.1 Å². The van der Waals surface area contributed by atoms with E-state index in [4.69, 9.17) is 0 Å². The quantitative estimate of drug-likeness (QED) is 0.425. The molecule has 1 heterocycles. The molecule has 1 fully saturated rings. The lowest BCUT2D eigenvalue weighted by molar-refractivity contribution is 0.289. The van der Waals surface area contributed by atoms with Gasteiger partial charge in [-0.15, -0.1) is 24.0 Å². The highest BCUT2D eigenvalue weighted by Gasteiger charge is 2.08. The Labute approximate surface area is 156 Å². The van der Waals surface area contributed by atoms with E-state index < -0.39 is 0 Å². The molecular weight excluding hydrogens is 406 g/mol. The third kappa shape index (κ3) is 7.97. The van der Waals surface area contributed by atoms with Gasteiger partial charge in [0.05, 0.1) is 0 Å². The molecule has 6 heteroatoms. The van der Waals surface area contributed by atoms with Gasteiger partial charge >= 0.3 is 0 Å². The molecule has 0 radical (unpaired) electrons. The average molecular weight is 434 g/mol. The molecule has 0 aliphatic carbocycles. The van der Waals surface area contributed by atoms with Gasteiger partial charge in [-0.1, -0.05) is 25.0 Å². The summed E-state index contributed by atoms with van der Waals surface area (Å²) in [7, 11) is 1.77. The van der Waals surface area contributed by atoms with Gasteiger partial charge in [0.2, 0.25) is 0 Å². The van der Waals surface area contributed by atoms with Crippen LogP contribution < -0.4 is 10.6 Å². The standard InChI is InChI=1S/C17H27FN4.HI/c1-19-17(21-14-15-6-8-16(18)9-7-15)20-10-13-22-11-4-2-3-5-12-22;/h6-9H,2-5,10-14H2,1H3,(H2,19,20,21);1H. The lowest BCUT2D eigenvalue weighted by Gasteiger charge is -2.20. The van der Waals surface area contributed by atoms with Crippen molar-refractivity contribution in [2.75, 3.05) is 33.2 Å². The van der Waals surface area contributed by atoms with Crippen LogP contribution in [0.2, 0.25) is 0 Å². The van der Waals surface area contributed by atoms with Gasteiger partial charge < -0.3 is 15.5 Å². The van der Waals surface area contributed by atoms with Crippen molar-refractivity contribution >= 4 is 29.9 Å². The minimum absolute atomic E-state index is 0. The maximum Gasteiger partial charge on any atom is 0.191 e. The summed E-state index contributed by atoms with van der Waals surface area (Å²) in [5, 5.41) is 6.60. The number of halogens is 2. The molecule has 1 saturated heterocycles. The lowest BCUT2D eigenvalue weighted by Crippen LogP contribution is -2.41. The third-order valence-corrected chi connectivity index (χ3v) is 4.02. The van der Waals surface area contributed by atoms with Gasteiger partial charge in [-0.25, -0.2) is 4.39 Å². The highest BCUT2D eigenvalue weighted by molar-refractivity contribution is 14.0. The second kappa shape index (κ2) is 11.6. The van der Waals surface area contributed by atoms with Crippen LogP contribution in [0.25, 0.3) is 0 Å². The van der Waals surface area contributed by atoms with Gasteiger partial charge in [-0.3, -0.25) is 4.99 Å².